The van der Waals surface area contributed by atoms with Crippen LogP contribution in [0.25, 0.3) is 5.78 Å². The van der Waals surface area contributed by atoms with Gasteiger partial charge in [-0.05, 0) is 19.4 Å². The molecule has 140 valence electrons. The minimum Gasteiger partial charge on any atom is -0.368 e. The van der Waals surface area contributed by atoms with Crippen molar-refractivity contribution in [1.29, 1.82) is 0 Å². The molecule has 0 spiro atoms. The van der Waals surface area contributed by atoms with Crippen LogP contribution in [0.4, 0.5) is 5.95 Å². The van der Waals surface area contributed by atoms with Crippen molar-refractivity contribution in [2.24, 2.45) is 5.73 Å². The summed E-state index contributed by atoms with van der Waals surface area (Å²) >= 11 is 0. The molecule has 1 atom stereocenters. The maximum absolute atomic E-state index is 12.5. The molecule has 0 aliphatic heterocycles. The molecule has 0 radical (unpaired) electrons. The number of nitrogens with one attached hydrogen (secondary N) is 1. The number of amides is 2. The van der Waals surface area contributed by atoms with Crippen molar-refractivity contribution >= 4 is 23.5 Å². The van der Waals surface area contributed by atoms with Crippen LogP contribution in [0.1, 0.15) is 22.5 Å². The van der Waals surface area contributed by atoms with Crippen LogP contribution in [0.15, 0.2) is 30.3 Å². The molecule has 2 amide bonds. The molecule has 3 rings (SSSR count). The number of anilines is 1. The zero-order valence-corrected chi connectivity index (χ0v) is 15.1. The molecule has 2 aromatic heterocycles. The van der Waals surface area contributed by atoms with Gasteiger partial charge in [-0.25, -0.2) is 4.98 Å². The molecule has 0 unspecified atom stereocenters. The van der Waals surface area contributed by atoms with Crippen molar-refractivity contribution in [1.82, 2.24) is 24.9 Å². The first-order chi connectivity index (χ1) is 12.8. The van der Waals surface area contributed by atoms with Gasteiger partial charge >= 0.3 is 0 Å². The van der Waals surface area contributed by atoms with Crippen molar-refractivity contribution in [3.8, 4) is 0 Å². The standard InChI is InChI=1S/C18H21N7O2/c1-10-13(11(2)25-18(21-10)23-17(20)24-25)9-15(26)22-14(16(19)27)8-12-6-4-3-5-7-12/h3-7,14H,8-9H2,1-2H3,(H2,19,27)(H2,20,24)(H,22,26)/t14-/m1/s1. The predicted octanol–water partition coefficient (Wildman–Crippen LogP) is 0.0786. The number of nitrogens with zero attached hydrogens (tertiary/aromatic N) is 4. The molecule has 3 aromatic rings. The lowest BCUT2D eigenvalue weighted by atomic mass is 10.0. The van der Waals surface area contributed by atoms with E-state index in [0.717, 1.165) is 11.3 Å². The largest absolute Gasteiger partial charge is 0.368 e. The molecule has 0 bridgehead atoms. The average Bonchev–Trinajstić information content (AvgIpc) is 2.99. The maximum atomic E-state index is 12.5. The van der Waals surface area contributed by atoms with Crippen LogP contribution in [0.5, 0.6) is 0 Å². The SMILES string of the molecule is Cc1nc2nc(N)nn2c(C)c1CC(=O)N[C@H](Cc1ccccc1)C(N)=O. The molecule has 0 saturated carbocycles. The highest BCUT2D eigenvalue weighted by atomic mass is 16.2. The summed E-state index contributed by atoms with van der Waals surface area (Å²) < 4.78 is 1.50. The van der Waals surface area contributed by atoms with Crippen molar-refractivity contribution < 1.29 is 9.59 Å². The van der Waals surface area contributed by atoms with Crippen LogP contribution in [0.2, 0.25) is 0 Å². The fourth-order valence-electron chi connectivity index (χ4n) is 2.96. The Labute approximate surface area is 155 Å². The highest BCUT2D eigenvalue weighted by molar-refractivity contribution is 5.87. The van der Waals surface area contributed by atoms with Crippen LogP contribution in [0, 0.1) is 13.8 Å². The Kier molecular flexibility index (Phi) is 5.02. The van der Waals surface area contributed by atoms with Crippen LogP contribution in [-0.4, -0.2) is 37.4 Å². The van der Waals surface area contributed by atoms with Crippen LogP contribution in [0.3, 0.4) is 0 Å². The Hall–Kier alpha value is -3.49. The molecule has 0 aliphatic carbocycles. The fourth-order valence-corrected chi connectivity index (χ4v) is 2.96. The smallest absolute Gasteiger partial charge is 0.254 e. The summed E-state index contributed by atoms with van der Waals surface area (Å²) in [7, 11) is 0. The number of aromatic nitrogens is 4. The lowest BCUT2D eigenvalue weighted by Gasteiger charge is -2.17. The Morgan fingerprint density at radius 2 is 1.89 bits per heavy atom. The molecule has 0 aliphatic rings. The molecular formula is C18H21N7O2. The number of fused-ring (bicyclic) bond motifs is 1. The third-order valence-electron chi connectivity index (χ3n) is 4.36. The molecule has 1 aromatic carbocycles. The number of nitrogens with two attached hydrogens (primary N) is 2. The van der Waals surface area contributed by atoms with Gasteiger partial charge in [0.05, 0.1) is 6.42 Å². The molecule has 2 heterocycles. The summed E-state index contributed by atoms with van der Waals surface area (Å²) in [5.74, 6) is -0.414. The number of nitrogen functional groups attached to an aromatic ring is 1. The first-order valence-corrected chi connectivity index (χ1v) is 8.46. The summed E-state index contributed by atoms with van der Waals surface area (Å²) in [5.41, 5.74) is 14.1. The van der Waals surface area contributed by atoms with Crippen molar-refractivity contribution in [3.63, 3.8) is 0 Å². The summed E-state index contributed by atoms with van der Waals surface area (Å²) in [6, 6.07) is 8.58. The van der Waals surface area contributed by atoms with E-state index in [9.17, 15) is 9.59 Å². The normalized spacial score (nSPS) is 12.1. The minimum atomic E-state index is -0.792. The second kappa shape index (κ2) is 7.40. The number of hydrogen-bond acceptors (Lipinski definition) is 6. The van der Waals surface area contributed by atoms with E-state index in [4.69, 9.17) is 11.5 Å². The Morgan fingerprint density at radius 1 is 1.19 bits per heavy atom. The van der Waals surface area contributed by atoms with Gasteiger partial charge in [0.1, 0.15) is 6.04 Å². The number of primary amides is 1. The minimum absolute atomic E-state index is 0.0406. The number of aryl methyl sites for hydroxylation is 2. The van der Waals surface area contributed by atoms with Crippen LogP contribution < -0.4 is 16.8 Å². The highest BCUT2D eigenvalue weighted by Gasteiger charge is 2.21. The summed E-state index contributed by atoms with van der Waals surface area (Å²) in [5, 5.41) is 6.79. The van der Waals surface area contributed by atoms with Gasteiger partial charge < -0.3 is 16.8 Å². The highest BCUT2D eigenvalue weighted by Crippen LogP contribution is 2.15. The first-order valence-electron chi connectivity index (χ1n) is 8.46. The second-order valence-electron chi connectivity index (χ2n) is 6.33. The van der Waals surface area contributed by atoms with Crippen LogP contribution >= 0.6 is 0 Å². The molecule has 5 N–H and O–H groups in total. The Balaban J connectivity index is 1.78. The number of benzene rings is 1. The summed E-state index contributed by atoms with van der Waals surface area (Å²) in [6.07, 6.45) is 0.371. The van der Waals surface area contributed by atoms with E-state index >= 15 is 0 Å². The van der Waals surface area contributed by atoms with E-state index in [1.54, 1.807) is 6.92 Å². The average molecular weight is 367 g/mol. The molecule has 0 saturated heterocycles. The second-order valence-corrected chi connectivity index (χ2v) is 6.33. The Morgan fingerprint density at radius 3 is 2.56 bits per heavy atom. The van der Waals surface area contributed by atoms with E-state index in [2.05, 4.69) is 20.4 Å². The van der Waals surface area contributed by atoms with Crippen molar-refractivity contribution in [2.75, 3.05) is 5.73 Å². The third-order valence-corrected chi connectivity index (χ3v) is 4.36. The van der Waals surface area contributed by atoms with Gasteiger partial charge in [0, 0.05) is 23.4 Å². The number of carbonyl (C=O) groups is 2. The van der Waals surface area contributed by atoms with E-state index < -0.39 is 11.9 Å². The predicted molar refractivity (Wildman–Crippen MR) is 99.6 cm³/mol. The Bertz CT molecular complexity index is 998. The maximum Gasteiger partial charge on any atom is 0.254 e. The van der Waals surface area contributed by atoms with Gasteiger partial charge in [0.25, 0.3) is 5.78 Å². The molecule has 9 heteroatoms. The number of carbonyl (C=O) groups excluding carboxylic acids is 2. The van der Waals surface area contributed by atoms with E-state index in [0.29, 0.717) is 23.5 Å². The lowest BCUT2D eigenvalue weighted by Crippen LogP contribution is -2.46. The topological polar surface area (TPSA) is 141 Å². The zero-order chi connectivity index (χ0) is 19.6. The van der Waals surface area contributed by atoms with Gasteiger partial charge in [-0.2, -0.15) is 9.50 Å². The van der Waals surface area contributed by atoms with E-state index in [1.165, 1.54) is 4.52 Å². The van der Waals surface area contributed by atoms with Gasteiger partial charge in [0.2, 0.25) is 17.8 Å². The van der Waals surface area contributed by atoms with Gasteiger partial charge in [0.15, 0.2) is 0 Å². The first kappa shape index (κ1) is 18.3. The number of rotatable bonds is 6. The molecule has 0 fully saturated rings. The monoisotopic (exact) mass is 367 g/mol. The van der Waals surface area contributed by atoms with Crippen LogP contribution in [-0.2, 0) is 22.4 Å². The van der Waals surface area contributed by atoms with Crippen molar-refractivity contribution in [2.45, 2.75) is 32.7 Å². The van der Waals surface area contributed by atoms with E-state index in [1.807, 2.05) is 37.3 Å². The molecule has 9 nitrogen and oxygen atoms in total. The van der Waals surface area contributed by atoms with Gasteiger partial charge in [-0.15, -0.1) is 5.10 Å². The summed E-state index contributed by atoms with van der Waals surface area (Å²) in [6.45, 7) is 3.60. The van der Waals surface area contributed by atoms with Gasteiger partial charge in [-0.1, -0.05) is 30.3 Å². The lowest BCUT2D eigenvalue weighted by molar-refractivity contribution is -0.127. The molecule has 27 heavy (non-hydrogen) atoms. The van der Waals surface area contributed by atoms with Gasteiger partial charge in [-0.3, -0.25) is 9.59 Å². The zero-order valence-electron chi connectivity index (χ0n) is 15.1. The molecular weight excluding hydrogens is 346 g/mol. The van der Waals surface area contributed by atoms with E-state index in [-0.39, 0.29) is 18.3 Å². The summed E-state index contributed by atoms with van der Waals surface area (Å²) in [4.78, 5) is 32.7. The third kappa shape index (κ3) is 4.02. The van der Waals surface area contributed by atoms with Crippen molar-refractivity contribution in [3.05, 3.63) is 52.8 Å². The fraction of sp³-hybridized carbons (Fsp3) is 0.278. The quantitative estimate of drug-likeness (QED) is 0.563. The number of hydrogen-bond donors (Lipinski definition) is 3.